The molecule has 2 aromatic rings. The van der Waals surface area contributed by atoms with Crippen molar-refractivity contribution in [2.45, 2.75) is 25.4 Å². The van der Waals surface area contributed by atoms with Gasteiger partial charge in [0.05, 0.1) is 16.5 Å². The summed E-state index contributed by atoms with van der Waals surface area (Å²) in [6.45, 7) is 0.654. The van der Waals surface area contributed by atoms with Crippen molar-refractivity contribution in [3.05, 3.63) is 50.6 Å². The molecule has 0 radical (unpaired) electrons. The summed E-state index contributed by atoms with van der Waals surface area (Å²) < 4.78 is 6.16. The standard InChI is InChI=1S/C16H16BrNO2S/c1-20-14-6-2-11(3-7-14)9-18(13-4-5-13)16(19)12-8-15(17)21-10-12/h2-3,6-8,10,13H,4-5,9H2,1H3. The van der Waals surface area contributed by atoms with E-state index in [0.29, 0.717) is 12.6 Å². The number of methoxy groups -OCH3 is 1. The molecule has 0 unspecified atom stereocenters. The number of nitrogens with zero attached hydrogens (tertiary/aromatic N) is 1. The van der Waals surface area contributed by atoms with Crippen molar-refractivity contribution in [3.8, 4) is 5.75 Å². The van der Waals surface area contributed by atoms with Crippen LogP contribution in [0, 0.1) is 0 Å². The monoisotopic (exact) mass is 365 g/mol. The van der Waals surface area contributed by atoms with Crippen LogP contribution in [0.4, 0.5) is 0 Å². The average Bonchev–Trinajstić information content (AvgIpc) is 3.26. The van der Waals surface area contributed by atoms with Crippen LogP contribution >= 0.6 is 27.3 Å². The summed E-state index contributed by atoms with van der Waals surface area (Å²) in [5.41, 5.74) is 1.90. The molecule has 21 heavy (non-hydrogen) atoms. The number of amides is 1. The molecule has 3 nitrogen and oxygen atoms in total. The molecule has 0 spiro atoms. The summed E-state index contributed by atoms with van der Waals surface area (Å²) in [6.07, 6.45) is 2.21. The molecular formula is C16H16BrNO2S. The van der Waals surface area contributed by atoms with Crippen LogP contribution in [-0.2, 0) is 6.54 Å². The number of hydrogen-bond donors (Lipinski definition) is 0. The topological polar surface area (TPSA) is 29.5 Å². The van der Waals surface area contributed by atoms with E-state index in [0.717, 1.165) is 33.5 Å². The number of carbonyl (C=O) groups is 1. The first-order valence-electron chi connectivity index (χ1n) is 6.85. The summed E-state index contributed by atoms with van der Waals surface area (Å²) in [6, 6.07) is 10.2. The van der Waals surface area contributed by atoms with Crippen molar-refractivity contribution in [1.82, 2.24) is 4.90 Å². The van der Waals surface area contributed by atoms with Gasteiger partial charge in [0.25, 0.3) is 5.91 Å². The summed E-state index contributed by atoms with van der Waals surface area (Å²) in [4.78, 5) is 14.6. The van der Waals surface area contributed by atoms with Gasteiger partial charge in [-0.2, -0.15) is 0 Å². The van der Waals surface area contributed by atoms with Crippen molar-refractivity contribution in [2.24, 2.45) is 0 Å². The number of rotatable bonds is 5. The molecule has 0 bridgehead atoms. The van der Waals surface area contributed by atoms with Crippen LogP contribution in [0.15, 0.2) is 39.5 Å². The Morgan fingerprint density at radius 1 is 1.38 bits per heavy atom. The molecule has 0 saturated heterocycles. The Balaban J connectivity index is 1.76. The second-order valence-electron chi connectivity index (χ2n) is 5.15. The predicted molar refractivity (Wildman–Crippen MR) is 87.9 cm³/mol. The van der Waals surface area contributed by atoms with Gasteiger partial charge in [-0.1, -0.05) is 12.1 Å². The molecule has 1 aromatic heterocycles. The average molecular weight is 366 g/mol. The summed E-state index contributed by atoms with van der Waals surface area (Å²) in [5.74, 6) is 0.958. The Kier molecular flexibility index (Phi) is 4.31. The van der Waals surface area contributed by atoms with E-state index in [1.54, 1.807) is 18.4 Å². The lowest BCUT2D eigenvalue weighted by atomic mass is 10.2. The van der Waals surface area contributed by atoms with Crippen LogP contribution in [0.25, 0.3) is 0 Å². The Labute approximate surface area is 136 Å². The van der Waals surface area contributed by atoms with Crippen LogP contribution in [0.5, 0.6) is 5.75 Å². The normalized spacial score (nSPS) is 14.0. The van der Waals surface area contributed by atoms with Gasteiger partial charge in [0.2, 0.25) is 0 Å². The van der Waals surface area contributed by atoms with Crippen LogP contribution in [0.1, 0.15) is 28.8 Å². The Bertz CT molecular complexity index is 634. The van der Waals surface area contributed by atoms with Crippen molar-refractivity contribution in [2.75, 3.05) is 7.11 Å². The minimum absolute atomic E-state index is 0.121. The maximum Gasteiger partial charge on any atom is 0.255 e. The van der Waals surface area contributed by atoms with Crippen LogP contribution in [-0.4, -0.2) is 24.0 Å². The number of ether oxygens (including phenoxy) is 1. The lowest BCUT2D eigenvalue weighted by Crippen LogP contribution is -2.32. The smallest absolute Gasteiger partial charge is 0.255 e. The quantitative estimate of drug-likeness (QED) is 0.789. The second-order valence-corrected chi connectivity index (χ2v) is 7.44. The molecule has 1 amide bonds. The van der Waals surface area contributed by atoms with Crippen LogP contribution in [0.2, 0.25) is 0 Å². The lowest BCUT2D eigenvalue weighted by molar-refractivity contribution is 0.0730. The summed E-state index contributed by atoms with van der Waals surface area (Å²) in [7, 11) is 1.66. The molecule has 0 aliphatic heterocycles. The SMILES string of the molecule is COc1ccc(CN(C(=O)c2csc(Br)c2)C2CC2)cc1. The highest BCUT2D eigenvalue weighted by Crippen LogP contribution is 2.31. The van der Waals surface area contributed by atoms with Crippen molar-refractivity contribution >= 4 is 33.2 Å². The minimum atomic E-state index is 0.121. The highest BCUT2D eigenvalue weighted by atomic mass is 79.9. The molecule has 1 fully saturated rings. The zero-order valence-corrected chi connectivity index (χ0v) is 14.1. The number of thiophene rings is 1. The molecule has 5 heteroatoms. The zero-order valence-electron chi connectivity index (χ0n) is 11.7. The van der Waals surface area contributed by atoms with Gasteiger partial charge >= 0.3 is 0 Å². The van der Waals surface area contributed by atoms with Gasteiger partial charge in [-0.25, -0.2) is 0 Å². The van der Waals surface area contributed by atoms with E-state index in [4.69, 9.17) is 4.74 Å². The van der Waals surface area contributed by atoms with Gasteiger partial charge in [-0.3, -0.25) is 4.79 Å². The Morgan fingerprint density at radius 2 is 2.10 bits per heavy atom. The fourth-order valence-corrected chi connectivity index (χ4v) is 3.40. The summed E-state index contributed by atoms with van der Waals surface area (Å²) >= 11 is 4.96. The molecule has 1 aromatic carbocycles. The summed E-state index contributed by atoms with van der Waals surface area (Å²) in [5, 5.41) is 1.91. The Hall–Kier alpha value is -1.33. The maximum absolute atomic E-state index is 12.7. The molecular weight excluding hydrogens is 350 g/mol. The van der Waals surface area contributed by atoms with E-state index in [-0.39, 0.29) is 5.91 Å². The fourth-order valence-electron chi connectivity index (χ4n) is 2.27. The van der Waals surface area contributed by atoms with Crippen LogP contribution < -0.4 is 4.74 Å². The highest BCUT2D eigenvalue weighted by Gasteiger charge is 2.33. The van der Waals surface area contributed by atoms with Gasteiger partial charge in [0.15, 0.2) is 0 Å². The zero-order chi connectivity index (χ0) is 14.8. The molecule has 1 aliphatic rings. The molecule has 1 aliphatic carbocycles. The molecule has 1 saturated carbocycles. The van der Waals surface area contributed by atoms with E-state index < -0.39 is 0 Å². The van der Waals surface area contributed by atoms with E-state index in [1.807, 2.05) is 40.6 Å². The lowest BCUT2D eigenvalue weighted by Gasteiger charge is -2.22. The largest absolute Gasteiger partial charge is 0.497 e. The minimum Gasteiger partial charge on any atom is -0.497 e. The van der Waals surface area contributed by atoms with E-state index in [1.165, 1.54) is 0 Å². The van der Waals surface area contributed by atoms with E-state index >= 15 is 0 Å². The van der Waals surface area contributed by atoms with Gasteiger partial charge in [-0.05, 0) is 52.5 Å². The first-order valence-corrected chi connectivity index (χ1v) is 8.52. The first kappa shape index (κ1) is 14.6. The number of carbonyl (C=O) groups excluding carboxylic acids is 1. The second kappa shape index (κ2) is 6.20. The number of hydrogen-bond acceptors (Lipinski definition) is 3. The third-order valence-corrected chi connectivity index (χ3v) is 5.08. The van der Waals surface area contributed by atoms with Crippen molar-refractivity contribution in [1.29, 1.82) is 0 Å². The molecule has 0 N–H and O–H groups in total. The van der Waals surface area contributed by atoms with Gasteiger partial charge in [-0.15, -0.1) is 11.3 Å². The Morgan fingerprint density at radius 3 is 2.62 bits per heavy atom. The first-order chi connectivity index (χ1) is 10.2. The van der Waals surface area contributed by atoms with E-state index in [9.17, 15) is 4.79 Å². The number of benzene rings is 1. The van der Waals surface area contributed by atoms with Gasteiger partial charge < -0.3 is 9.64 Å². The third-order valence-electron chi connectivity index (χ3n) is 3.57. The van der Waals surface area contributed by atoms with Crippen molar-refractivity contribution < 1.29 is 9.53 Å². The highest BCUT2D eigenvalue weighted by molar-refractivity contribution is 9.11. The molecule has 1 heterocycles. The molecule has 110 valence electrons. The van der Waals surface area contributed by atoms with Crippen LogP contribution in [0.3, 0.4) is 0 Å². The predicted octanol–water partition coefficient (Wildman–Crippen LogP) is 4.32. The van der Waals surface area contributed by atoms with Gasteiger partial charge in [0.1, 0.15) is 5.75 Å². The fraction of sp³-hybridized carbons (Fsp3) is 0.312. The third kappa shape index (κ3) is 3.47. The molecule has 3 rings (SSSR count). The van der Waals surface area contributed by atoms with Gasteiger partial charge in [0, 0.05) is 18.0 Å². The number of halogens is 1. The van der Waals surface area contributed by atoms with Crippen molar-refractivity contribution in [3.63, 3.8) is 0 Å². The van der Waals surface area contributed by atoms with E-state index in [2.05, 4.69) is 15.9 Å². The maximum atomic E-state index is 12.7. The molecule has 0 atom stereocenters.